The minimum absolute atomic E-state index is 0.161. The summed E-state index contributed by atoms with van der Waals surface area (Å²) in [4.78, 5) is 9.79. The van der Waals surface area contributed by atoms with Gasteiger partial charge >= 0.3 is 6.18 Å². The fourth-order valence-electron chi connectivity index (χ4n) is 2.48. The van der Waals surface area contributed by atoms with Crippen LogP contribution >= 0.6 is 0 Å². The van der Waals surface area contributed by atoms with E-state index < -0.39 is 17.6 Å². The van der Waals surface area contributed by atoms with Crippen LogP contribution in [0, 0.1) is 0 Å². The maximum Gasteiger partial charge on any atom is 0.423 e. The molecule has 1 heterocycles. The molecule has 2 aromatic rings. The third-order valence-electron chi connectivity index (χ3n) is 3.90. The molecule has 26 heavy (non-hydrogen) atoms. The van der Waals surface area contributed by atoms with Gasteiger partial charge in [-0.25, -0.2) is 4.98 Å². The number of rotatable bonds is 7. The van der Waals surface area contributed by atoms with Crippen LogP contribution in [0.15, 0.2) is 30.5 Å². The highest BCUT2D eigenvalue weighted by Crippen LogP contribution is 2.36. The molecule has 2 rings (SSSR count). The molecule has 0 aliphatic heterocycles. The summed E-state index contributed by atoms with van der Waals surface area (Å²) in [6, 6.07) is 7.84. The Hall–Kier alpha value is -2.31. The van der Waals surface area contributed by atoms with E-state index in [-0.39, 0.29) is 12.6 Å². The van der Waals surface area contributed by atoms with Crippen molar-refractivity contribution in [2.24, 2.45) is 0 Å². The molecule has 0 atom stereocenters. The van der Waals surface area contributed by atoms with Crippen molar-refractivity contribution < 1.29 is 17.9 Å². The minimum Gasteiger partial charge on any atom is -0.477 e. The Kier molecular flexibility index (Phi) is 6.45. The molecule has 0 radical (unpaired) electrons. The number of halogens is 3. The summed E-state index contributed by atoms with van der Waals surface area (Å²) < 4.78 is 44.8. The summed E-state index contributed by atoms with van der Waals surface area (Å²) in [5.74, 6) is 0.0981. The summed E-state index contributed by atoms with van der Waals surface area (Å²) in [5.41, 5.74) is 1.01. The van der Waals surface area contributed by atoms with Crippen LogP contribution in [0.2, 0.25) is 0 Å². The molecule has 0 saturated carbocycles. The van der Waals surface area contributed by atoms with E-state index in [0.717, 1.165) is 17.4 Å². The van der Waals surface area contributed by atoms with Crippen LogP contribution in [0.4, 0.5) is 24.8 Å². The molecule has 1 aromatic carbocycles. The molecular weight excluding hydrogens is 343 g/mol. The van der Waals surface area contributed by atoms with Gasteiger partial charge in [-0.05, 0) is 37.0 Å². The van der Waals surface area contributed by atoms with Gasteiger partial charge in [0.1, 0.15) is 5.56 Å². The number of hydrogen-bond acceptors (Lipinski definition) is 4. The van der Waals surface area contributed by atoms with E-state index in [4.69, 9.17) is 4.74 Å². The lowest BCUT2D eigenvalue weighted by atomic mass is 10.0. The van der Waals surface area contributed by atoms with Crippen LogP contribution in [0.3, 0.4) is 0 Å². The second-order valence-corrected chi connectivity index (χ2v) is 6.23. The molecule has 0 N–H and O–H groups in total. The maximum absolute atomic E-state index is 13.2. The monoisotopic (exact) mass is 367 g/mol. The van der Waals surface area contributed by atoms with E-state index in [1.165, 1.54) is 0 Å². The lowest BCUT2D eigenvalue weighted by molar-refractivity contribution is -0.139. The van der Waals surface area contributed by atoms with Crippen molar-refractivity contribution in [1.29, 1.82) is 0 Å². The topological polar surface area (TPSA) is 38.2 Å². The Balaban J connectivity index is 2.46. The quantitative estimate of drug-likeness (QED) is 0.642. The molecular formula is C19H24F3N3O. The van der Waals surface area contributed by atoms with Gasteiger partial charge in [0, 0.05) is 18.4 Å². The van der Waals surface area contributed by atoms with Gasteiger partial charge in [0.05, 0.1) is 6.61 Å². The Morgan fingerprint density at radius 3 is 2.50 bits per heavy atom. The lowest BCUT2D eigenvalue weighted by Crippen LogP contribution is -2.21. The molecule has 0 saturated heterocycles. The molecule has 0 bridgehead atoms. The second-order valence-electron chi connectivity index (χ2n) is 6.23. The highest BCUT2D eigenvalue weighted by atomic mass is 19.4. The van der Waals surface area contributed by atoms with E-state index in [1.54, 1.807) is 4.90 Å². The van der Waals surface area contributed by atoms with Gasteiger partial charge in [0.2, 0.25) is 11.8 Å². The predicted octanol–water partition coefficient (Wildman–Crippen LogP) is 5.57. The average molecular weight is 367 g/mol. The van der Waals surface area contributed by atoms with Gasteiger partial charge in [0.15, 0.2) is 0 Å². The van der Waals surface area contributed by atoms with E-state index in [1.807, 2.05) is 38.1 Å². The zero-order valence-electron chi connectivity index (χ0n) is 15.5. The first kappa shape index (κ1) is 20.0. The van der Waals surface area contributed by atoms with Gasteiger partial charge in [-0.3, -0.25) is 0 Å². The fraction of sp³-hybridized carbons (Fsp3) is 0.474. The third-order valence-corrected chi connectivity index (χ3v) is 3.90. The number of hydrogen-bond donors (Lipinski definition) is 0. The second kappa shape index (κ2) is 8.38. The van der Waals surface area contributed by atoms with Crippen LogP contribution < -0.4 is 9.64 Å². The van der Waals surface area contributed by atoms with E-state index >= 15 is 0 Å². The van der Waals surface area contributed by atoms with Crippen molar-refractivity contribution in [2.75, 3.05) is 18.1 Å². The number of benzene rings is 1. The van der Waals surface area contributed by atoms with Gasteiger partial charge in [-0.2, -0.15) is 18.2 Å². The number of ether oxygens (including phenoxy) is 1. The fourth-order valence-corrected chi connectivity index (χ4v) is 2.48. The maximum atomic E-state index is 13.2. The van der Waals surface area contributed by atoms with Crippen molar-refractivity contribution >= 4 is 11.6 Å². The highest BCUT2D eigenvalue weighted by Gasteiger charge is 2.36. The lowest BCUT2D eigenvalue weighted by Gasteiger charge is -2.23. The standard InChI is InChI=1S/C19H24F3N3O/c1-5-10-26-17-16(19(20,21)22)12-23-18(24-17)25(6-2)15-9-7-8-14(11-15)13(3)4/h7-9,11-13H,5-6,10H2,1-4H3. The number of nitrogens with zero attached hydrogens (tertiary/aromatic N) is 3. The number of anilines is 2. The van der Waals surface area contributed by atoms with Crippen molar-refractivity contribution in [3.05, 3.63) is 41.6 Å². The van der Waals surface area contributed by atoms with Crippen LogP contribution in [0.5, 0.6) is 5.88 Å². The van der Waals surface area contributed by atoms with Gasteiger partial charge < -0.3 is 9.64 Å². The summed E-state index contributed by atoms with van der Waals surface area (Å²) in [6.45, 7) is 8.57. The van der Waals surface area contributed by atoms with Crippen LogP contribution in [0.25, 0.3) is 0 Å². The molecule has 1 aromatic heterocycles. The third kappa shape index (κ3) is 4.65. The van der Waals surface area contributed by atoms with E-state index in [2.05, 4.69) is 23.8 Å². The molecule has 0 amide bonds. The van der Waals surface area contributed by atoms with Gasteiger partial charge in [-0.1, -0.05) is 32.9 Å². The Morgan fingerprint density at radius 2 is 1.92 bits per heavy atom. The largest absolute Gasteiger partial charge is 0.477 e. The Bertz CT molecular complexity index is 732. The zero-order chi connectivity index (χ0) is 19.3. The normalized spacial score (nSPS) is 11.7. The van der Waals surface area contributed by atoms with E-state index in [0.29, 0.717) is 18.9 Å². The summed E-state index contributed by atoms with van der Waals surface area (Å²) in [5, 5.41) is 0. The summed E-state index contributed by atoms with van der Waals surface area (Å²) in [7, 11) is 0. The minimum atomic E-state index is -4.56. The molecule has 0 aliphatic carbocycles. The highest BCUT2D eigenvalue weighted by molar-refractivity contribution is 5.59. The van der Waals surface area contributed by atoms with E-state index in [9.17, 15) is 13.2 Å². The zero-order valence-corrected chi connectivity index (χ0v) is 15.5. The number of alkyl halides is 3. The molecule has 7 heteroatoms. The SMILES string of the molecule is CCCOc1nc(N(CC)c2cccc(C(C)C)c2)ncc1C(F)(F)F. The van der Waals surface area contributed by atoms with Crippen LogP contribution in [-0.2, 0) is 6.18 Å². The molecule has 0 aliphatic rings. The summed E-state index contributed by atoms with van der Waals surface area (Å²) >= 11 is 0. The van der Waals surface area contributed by atoms with Crippen LogP contribution in [0.1, 0.15) is 51.2 Å². The molecule has 142 valence electrons. The average Bonchev–Trinajstić information content (AvgIpc) is 2.60. The number of aromatic nitrogens is 2. The van der Waals surface area contributed by atoms with Crippen LogP contribution in [-0.4, -0.2) is 23.1 Å². The first-order valence-electron chi connectivity index (χ1n) is 8.72. The van der Waals surface area contributed by atoms with Crippen molar-refractivity contribution in [1.82, 2.24) is 9.97 Å². The predicted molar refractivity (Wildman–Crippen MR) is 96.0 cm³/mol. The Morgan fingerprint density at radius 1 is 1.19 bits per heavy atom. The molecule has 0 fully saturated rings. The molecule has 0 spiro atoms. The van der Waals surface area contributed by atoms with Crippen molar-refractivity contribution in [3.8, 4) is 5.88 Å². The molecule has 0 unspecified atom stereocenters. The van der Waals surface area contributed by atoms with Crippen molar-refractivity contribution in [3.63, 3.8) is 0 Å². The molecule has 4 nitrogen and oxygen atoms in total. The summed E-state index contributed by atoms with van der Waals surface area (Å²) in [6.07, 6.45) is -3.18. The van der Waals surface area contributed by atoms with Gasteiger partial charge in [0.25, 0.3) is 0 Å². The van der Waals surface area contributed by atoms with Crippen molar-refractivity contribution in [2.45, 2.75) is 46.2 Å². The first-order chi connectivity index (χ1) is 12.3. The Labute approximate surface area is 152 Å². The smallest absolute Gasteiger partial charge is 0.423 e. The first-order valence-corrected chi connectivity index (χ1v) is 8.72. The van der Waals surface area contributed by atoms with Gasteiger partial charge in [-0.15, -0.1) is 0 Å².